The minimum atomic E-state index is -0.197. The standard InChI is InChI=1S/C20H25N3O3/c1-25-20(24)17-12-15-9-5-6-10-16(15)23(17)13-19-21-18(22-26-19)11-14-7-3-2-4-8-14/h2-4,7-8,15-17H,5-6,9-13H2,1H3/t15-,16-,17-/m0/s1. The molecule has 2 aromatic rings. The highest BCUT2D eigenvalue weighted by Gasteiger charge is 2.46. The molecule has 2 aliphatic rings. The maximum absolute atomic E-state index is 12.3. The van der Waals surface area contributed by atoms with Crippen LogP contribution in [0.4, 0.5) is 0 Å². The van der Waals surface area contributed by atoms with Gasteiger partial charge in [-0.15, -0.1) is 0 Å². The van der Waals surface area contributed by atoms with Gasteiger partial charge in [-0.05, 0) is 30.7 Å². The van der Waals surface area contributed by atoms with Crippen LogP contribution in [0.5, 0.6) is 0 Å². The molecular weight excluding hydrogens is 330 g/mol. The molecule has 6 nitrogen and oxygen atoms in total. The number of methoxy groups -OCH3 is 1. The van der Waals surface area contributed by atoms with Crippen LogP contribution < -0.4 is 0 Å². The van der Waals surface area contributed by atoms with Gasteiger partial charge < -0.3 is 9.26 Å². The number of rotatable bonds is 5. The number of carbonyl (C=O) groups excluding carboxylic acids is 1. The van der Waals surface area contributed by atoms with Crippen LogP contribution in [0, 0.1) is 5.92 Å². The van der Waals surface area contributed by atoms with E-state index < -0.39 is 0 Å². The van der Waals surface area contributed by atoms with E-state index in [1.165, 1.54) is 26.4 Å². The third kappa shape index (κ3) is 3.51. The monoisotopic (exact) mass is 355 g/mol. The van der Waals surface area contributed by atoms with Gasteiger partial charge in [0.15, 0.2) is 5.82 Å². The lowest BCUT2D eigenvalue weighted by molar-refractivity contribution is -0.146. The average Bonchev–Trinajstić information content (AvgIpc) is 3.27. The van der Waals surface area contributed by atoms with Crippen molar-refractivity contribution in [3.05, 3.63) is 47.6 Å². The molecule has 1 aromatic heterocycles. The van der Waals surface area contributed by atoms with Crippen LogP contribution in [-0.2, 0) is 22.5 Å². The Kier molecular flexibility index (Phi) is 5.02. The molecule has 0 unspecified atom stereocenters. The summed E-state index contributed by atoms with van der Waals surface area (Å²) in [5.41, 5.74) is 1.15. The Morgan fingerprint density at radius 2 is 2.08 bits per heavy atom. The summed E-state index contributed by atoms with van der Waals surface area (Å²) in [6.07, 6.45) is 6.32. The van der Waals surface area contributed by atoms with Crippen molar-refractivity contribution < 1.29 is 14.1 Å². The molecule has 2 heterocycles. The summed E-state index contributed by atoms with van der Waals surface area (Å²) in [7, 11) is 1.47. The highest BCUT2D eigenvalue weighted by Crippen LogP contribution is 2.40. The number of hydrogen-bond donors (Lipinski definition) is 0. The van der Waals surface area contributed by atoms with E-state index in [4.69, 9.17) is 9.26 Å². The van der Waals surface area contributed by atoms with E-state index in [9.17, 15) is 4.79 Å². The Balaban J connectivity index is 1.48. The molecule has 4 rings (SSSR count). The van der Waals surface area contributed by atoms with Crippen LogP contribution in [0.2, 0.25) is 0 Å². The summed E-state index contributed by atoms with van der Waals surface area (Å²) in [6, 6.07) is 10.3. The van der Waals surface area contributed by atoms with Gasteiger partial charge in [0.05, 0.1) is 13.7 Å². The van der Waals surface area contributed by atoms with Crippen molar-refractivity contribution in [2.24, 2.45) is 5.92 Å². The molecule has 3 atom stereocenters. The molecule has 0 spiro atoms. The van der Waals surface area contributed by atoms with Gasteiger partial charge in [-0.25, -0.2) is 0 Å². The summed E-state index contributed by atoms with van der Waals surface area (Å²) >= 11 is 0. The molecule has 6 heteroatoms. The summed E-state index contributed by atoms with van der Waals surface area (Å²) < 4.78 is 10.5. The highest BCUT2D eigenvalue weighted by atomic mass is 16.5. The van der Waals surface area contributed by atoms with E-state index in [1.807, 2.05) is 18.2 Å². The van der Waals surface area contributed by atoms with Gasteiger partial charge in [0, 0.05) is 12.5 Å². The summed E-state index contributed by atoms with van der Waals surface area (Å²) in [6.45, 7) is 0.517. The first-order chi connectivity index (χ1) is 12.7. The van der Waals surface area contributed by atoms with E-state index in [0.29, 0.717) is 36.6 Å². The first kappa shape index (κ1) is 17.2. The Bertz CT molecular complexity index is 746. The lowest BCUT2D eigenvalue weighted by Gasteiger charge is -2.32. The van der Waals surface area contributed by atoms with Crippen LogP contribution in [0.1, 0.15) is 49.4 Å². The van der Waals surface area contributed by atoms with Gasteiger partial charge in [0.25, 0.3) is 0 Å². The van der Waals surface area contributed by atoms with Crippen molar-refractivity contribution in [3.63, 3.8) is 0 Å². The first-order valence-corrected chi connectivity index (χ1v) is 9.43. The molecule has 26 heavy (non-hydrogen) atoms. The Labute approximate surface area is 153 Å². The quantitative estimate of drug-likeness (QED) is 0.768. The molecule has 0 N–H and O–H groups in total. The van der Waals surface area contributed by atoms with Gasteiger partial charge in [0.1, 0.15) is 6.04 Å². The Morgan fingerprint density at radius 3 is 2.88 bits per heavy atom. The fraction of sp³-hybridized carbons (Fsp3) is 0.550. The largest absolute Gasteiger partial charge is 0.468 e. The van der Waals surface area contributed by atoms with Crippen molar-refractivity contribution in [1.82, 2.24) is 15.0 Å². The normalized spacial score (nSPS) is 25.8. The number of carbonyl (C=O) groups is 1. The van der Waals surface area contributed by atoms with E-state index in [1.54, 1.807) is 0 Å². The maximum atomic E-state index is 12.3. The van der Waals surface area contributed by atoms with E-state index in [0.717, 1.165) is 18.4 Å². The minimum Gasteiger partial charge on any atom is -0.468 e. The summed E-state index contributed by atoms with van der Waals surface area (Å²) in [5, 5.41) is 4.12. The van der Waals surface area contributed by atoms with Crippen molar-refractivity contribution >= 4 is 5.97 Å². The lowest BCUT2D eigenvalue weighted by Crippen LogP contribution is -2.42. The molecule has 2 fully saturated rings. The van der Waals surface area contributed by atoms with Crippen molar-refractivity contribution in [2.45, 2.75) is 57.2 Å². The molecule has 0 radical (unpaired) electrons. The lowest BCUT2D eigenvalue weighted by atomic mass is 9.85. The number of hydrogen-bond acceptors (Lipinski definition) is 6. The van der Waals surface area contributed by atoms with Gasteiger partial charge in [0.2, 0.25) is 5.89 Å². The first-order valence-electron chi connectivity index (χ1n) is 9.43. The van der Waals surface area contributed by atoms with E-state index >= 15 is 0 Å². The molecule has 0 bridgehead atoms. The van der Waals surface area contributed by atoms with Crippen molar-refractivity contribution in [2.75, 3.05) is 7.11 Å². The number of esters is 1. The van der Waals surface area contributed by atoms with Crippen LogP contribution in [-0.4, -0.2) is 40.2 Å². The Hall–Kier alpha value is -2.21. The predicted molar refractivity (Wildman–Crippen MR) is 95.3 cm³/mol. The maximum Gasteiger partial charge on any atom is 0.323 e. The molecule has 138 valence electrons. The molecule has 1 aliphatic carbocycles. The zero-order valence-electron chi connectivity index (χ0n) is 15.1. The summed E-state index contributed by atoms with van der Waals surface area (Å²) in [5.74, 6) is 1.68. The van der Waals surface area contributed by atoms with Gasteiger partial charge in [-0.1, -0.05) is 48.3 Å². The molecule has 1 saturated carbocycles. The Morgan fingerprint density at radius 1 is 1.27 bits per heavy atom. The topological polar surface area (TPSA) is 68.5 Å². The molecule has 1 saturated heterocycles. The van der Waals surface area contributed by atoms with Crippen LogP contribution >= 0.6 is 0 Å². The number of nitrogens with zero attached hydrogens (tertiary/aromatic N) is 3. The molecular formula is C20H25N3O3. The van der Waals surface area contributed by atoms with Gasteiger partial charge in [-0.3, -0.25) is 9.69 Å². The third-order valence-corrected chi connectivity index (χ3v) is 5.73. The second-order valence-corrected chi connectivity index (χ2v) is 7.33. The minimum absolute atomic E-state index is 0.150. The van der Waals surface area contributed by atoms with E-state index in [2.05, 4.69) is 27.2 Å². The number of benzene rings is 1. The van der Waals surface area contributed by atoms with Gasteiger partial charge in [-0.2, -0.15) is 4.98 Å². The zero-order chi connectivity index (χ0) is 17.9. The van der Waals surface area contributed by atoms with Crippen molar-refractivity contribution in [3.8, 4) is 0 Å². The molecule has 1 aliphatic heterocycles. The number of ether oxygens (including phenoxy) is 1. The number of likely N-dealkylation sites (tertiary alicyclic amines) is 1. The highest BCUT2D eigenvalue weighted by molar-refractivity contribution is 5.76. The molecule has 0 amide bonds. The zero-order valence-corrected chi connectivity index (χ0v) is 15.1. The fourth-order valence-corrected chi connectivity index (χ4v) is 4.51. The fourth-order valence-electron chi connectivity index (χ4n) is 4.51. The van der Waals surface area contributed by atoms with Crippen molar-refractivity contribution in [1.29, 1.82) is 0 Å². The van der Waals surface area contributed by atoms with Crippen LogP contribution in [0.15, 0.2) is 34.9 Å². The summed E-state index contributed by atoms with van der Waals surface area (Å²) in [4.78, 5) is 19.1. The smallest absolute Gasteiger partial charge is 0.323 e. The second kappa shape index (κ2) is 7.58. The SMILES string of the molecule is COC(=O)[C@@H]1C[C@@H]2CCCC[C@@H]2N1Cc1nc(Cc2ccccc2)no1. The van der Waals surface area contributed by atoms with Gasteiger partial charge >= 0.3 is 5.97 Å². The third-order valence-electron chi connectivity index (χ3n) is 5.73. The van der Waals surface area contributed by atoms with Crippen LogP contribution in [0.25, 0.3) is 0 Å². The number of aromatic nitrogens is 2. The number of fused-ring (bicyclic) bond motifs is 1. The van der Waals surface area contributed by atoms with E-state index in [-0.39, 0.29) is 12.0 Å². The average molecular weight is 355 g/mol. The molecule has 1 aromatic carbocycles. The second-order valence-electron chi connectivity index (χ2n) is 7.33. The predicted octanol–water partition coefficient (Wildman–Crippen LogP) is 2.97. The van der Waals surface area contributed by atoms with Crippen LogP contribution in [0.3, 0.4) is 0 Å².